The summed E-state index contributed by atoms with van der Waals surface area (Å²) in [5, 5.41) is 0.800. The first-order valence-electron chi connectivity index (χ1n) is 5.41. The van der Waals surface area contributed by atoms with E-state index in [1.807, 2.05) is 0 Å². The molecule has 0 aliphatic rings. The maximum Gasteiger partial charge on any atom is 0.163 e. The van der Waals surface area contributed by atoms with E-state index < -0.39 is 5.82 Å². The zero-order valence-corrected chi connectivity index (χ0v) is 11.4. The summed E-state index contributed by atoms with van der Waals surface area (Å²) in [6.07, 6.45) is 0. The number of ether oxygens (including phenoxy) is 1. The van der Waals surface area contributed by atoms with Crippen molar-refractivity contribution in [1.82, 2.24) is 0 Å². The Hall–Kier alpha value is -1.58. The van der Waals surface area contributed by atoms with Crippen molar-refractivity contribution < 1.29 is 13.9 Å². The predicted octanol–water partition coefficient (Wildman–Crippen LogP) is 5.13. The molecule has 0 aliphatic carbocycles. The Morgan fingerprint density at radius 2 is 1.84 bits per heavy atom. The van der Waals surface area contributed by atoms with Gasteiger partial charge in [-0.25, -0.2) is 4.39 Å². The first-order chi connectivity index (χ1) is 8.97. The van der Waals surface area contributed by atoms with Crippen molar-refractivity contribution in [2.24, 2.45) is 0 Å². The second kappa shape index (κ2) is 5.59. The van der Waals surface area contributed by atoms with Crippen LogP contribution in [-0.2, 0) is 0 Å². The molecule has 0 fully saturated rings. The number of ketones is 1. The zero-order chi connectivity index (χ0) is 14.0. The van der Waals surface area contributed by atoms with Gasteiger partial charge < -0.3 is 4.74 Å². The number of hydrogen-bond donors (Lipinski definition) is 0. The number of Topliss-reactive ketones (excluding diaryl/α,β-unsaturated/α-hetero) is 1. The van der Waals surface area contributed by atoms with Crippen molar-refractivity contribution >= 4 is 29.0 Å². The van der Waals surface area contributed by atoms with Gasteiger partial charge in [-0.15, -0.1) is 0 Å². The van der Waals surface area contributed by atoms with Crippen LogP contribution >= 0.6 is 23.2 Å². The molecule has 0 spiro atoms. The molecule has 98 valence electrons. The summed E-state index contributed by atoms with van der Waals surface area (Å²) < 4.78 is 18.7. The highest BCUT2D eigenvalue weighted by molar-refractivity contribution is 6.34. The molecule has 0 heterocycles. The fraction of sp³-hybridized carbons (Fsp3) is 0.0714. The van der Waals surface area contributed by atoms with Gasteiger partial charge in [0.2, 0.25) is 0 Å². The highest BCUT2D eigenvalue weighted by Gasteiger charge is 2.12. The number of carbonyl (C=O) groups excluding carboxylic acids is 1. The molecule has 0 N–H and O–H groups in total. The molecule has 0 aliphatic heterocycles. The van der Waals surface area contributed by atoms with Crippen molar-refractivity contribution in [3.8, 4) is 11.5 Å². The summed E-state index contributed by atoms with van der Waals surface area (Å²) >= 11 is 11.8. The van der Waals surface area contributed by atoms with Gasteiger partial charge in [0.1, 0.15) is 17.3 Å². The minimum absolute atomic E-state index is 0.149. The van der Waals surface area contributed by atoms with Gasteiger partial charge in [0.05, 0.1) is 10.6 Å². The van der Waals surface area contributed by atoms with Crippen LogP contribution in [0.3, 0.4) is 0 Å². The lowest BCUT2D eigenvalue weighted by atomic mass is 10.1. The third-order valence-electron chi connectivity index (χ3n) is 2.43. The van der Waals surface area contributed by atoms with E-state index in [1.165, 1.54) is 25.1 Å². The van der Waals surface area contributed by atoms with Crippen molar-refractivity contribution in [3.63, 3.8) is 0 Å². The molecule has 0 amide bonds. The van der Waals surface area contributed by atoms with Gasteiger partial charge in [-0.1, -0.05) is 23.2 Å². The quantitative estimate of drug-likeness (QED) is 0.735. The van der Waals surface area contributed by atoms with Gasteiger partial charge in [0, 0.05) is 11.1 Å². The molecular formula is C14H9Cl2FO2. The van der Waals surface area contributed by atoms with Gasteiger partial charge in [-0.2, -0.15) is 0 Å². The second-order valence-electron chi connectivity index (χ2n) is 3.87. The van der Waals surface area contributed by atoms with E-state index in [9.17, 15) is 9.18 Å². The van der Waals surface area contributed by atoms with E-state index in [-0.39, 0.29) is 17.1 Å². The molecule has 2 nitrogen and oxygen atoms in total. The normalized spacial score (nSPS) is 10.3. The summed E-state index contributed by atoms with van der Waals surface area (Å²) in [7, 11) is 0. The van der Waals surface area contributed by atoms with E-state index in [2.05, 4.69) is 0 Å². The van der Waals surface area contributed by atoms with Crippen LogP contribution in [0.25, 0.3) is 0 Å². The van der Waals surface area contributed by atoms with Crippen molar-refractivity contribution in [2.45, 2.75) is 6.92 Å². The number of benzene rings is 2. The smallest absolute Gasteiger partial charge is 0.163 e. The van der Waals surface area contributed by atoms with E-state index >= 15 is 0 Å². The number of hydrogen-bond acceptors (Lipinski definition) is 2. The summed E-state index contributed by atoms with van der Waals surface area (Å²) in [4.78, 5) is 11.5. The minimum atomic E-state index is -0.505. The average molecular weight is 299 g/mol. The largest absolute Gasteiger partial charge is 0.455 e. The molecule has 0 bridgehead atoms. The minimum Gasteiger partial charge on any atom is -0.455 e. The number of rotatable bonds is 3. The topological polar surface area (TPSA) is 26.3 Å². The summed E-state index contributed by atoms with van der Waals surface area (Å²) in [5.74, 6) is -0.260. The SMILES string of the molecule is CC(=O)c1cc(F)ccc1Oc1cc(Cl)ccc1Cl. The second-order valence-corrected chi connectivity index (χ2v) is 4.72. The van der Waals surface area contributed by atoms with Crippen LogP contribution < -0.4 is 4.74 Å². The zero-order valence-electron chi connectivity index (χ0n) is 9.91. The van der Waals surface area contributed by atoms with Crippen molar-refractivity contribution in [2.75, 3.05) is 0 Å². The third-order valence-corrected chi connectivity index (χ3v) is 2.98. The molecule has 0 saturated heterocycles. The van der Waals surface area contributed by atoms with E-state index in [0.717, 1.165) is 6.07 Å². The van der Waals surface area contributed by atoms with Crippen LogP contribution in [0.2, 0.25) is 10.0 Å². The first kappa shape index (κ1) is 13.8. The highest BCUT2D eigenvalue weighted by Crippen LogP contribution is 2.33. The van der Waals surface area contributed by atoms with E-state index in [4.69, 9.17) is 27.9 Å². The average Bonchev–Trinajstić information content (AvgIpc) is 2.35. The van der Waals surface area contributed by atoms with Gasteiger partial charge in [-0.3, -0.25) is 4.79 Å². The molecule has 5 heteroatoms. The first-order valence-corrected chi connectivity index (χ1v) is 6.16. The van der Waals surface area contributed by atoms with Crippen LogP contribution in [0, 0.1) is 5.82 Å². The van der Waals surface area contributed by atoms with E-state index in [0.29, 0.717) is 15.8 Å². The van der Waals surface area contributed by atoms with Crippen molar-refractivity contribution in [3.05, 3.63) is 57.8 Å². The Morgan fingerprint density at radius 1 is 1.11 bits per heavy atom. The lowest BCUT2D eigenvalue weighted by Gasteiger charge is -2.11. The molecule has 0 unspecified atom stereocenters. The van der Waals surface area contributed by atoms with Crippen molar-refractivity contribution in [1.29, 1.82) is 0 Å². The standard InChI is InChI=1S/C14H9Cl2FO2/c1-8(18)11-7-10(17)3-5-13(11)19-14-6-9(15)2-4-12(14)16/h2-7H,1H3. The maximum absolute atomic E-state index is 13.1. The third kappa shape index (κ3) is 3.25. The summed E-state index contributed by atoms with van der Waals surface area (Å²) in [6, 6.07) is 8.43. The molecule has 0 saturated carbocycles. The van der Waals surface area contributed by atoms with Gasteiger partial charge in [0.25, 0.3) is 0 Å². The molecule has 2 aromatic carbocycles. The molecule has 0 atom stereocenters. The van der Waals surface area contributed by atoms with Gasteiger partial charge in [0.15, 0.2) is 5.78 Å². The highest BCUT2D eigenvalue weighted by atomic mass is 35.5. The number of halogens is 3. The Bertz CT molecular complexity index is 641. The van der Waals surface area contributed by atoms with Gasteiger partial charge >= 0.3 is 0 Å². The monoisotopic (exact) mass is 298 g/mol. The van der Waals surface area contributed by atoms with Crippen LogP contribution in [0.4, 0.5) is 4.39 Å². The van der Waals surface area contributed by atoms with Crippen LogP contribution in [-0.4, -0.2) is 5.78 Å². The van der Waals surface area contributed by atoms with Crippen LogP contribution in [0.1, 0.15) is 17.3 Å². The molecule has 19 heavy (non-hydrogen) atoms. The molecular weight excluding hydrogens is 290 g/mol. The molecule has 2 aromatic rings. The summed E-state index contributed by atoms with van der Waals surface area (Å²) in [6.45, 7) is 1.33. The molecule has 0 radical (unpaired) electrons. The summed E-state index contributed by atoms with van der Waals surface area (Å²) in [5.41, 5.74) is 0.149. The Labute approximate surface area is 119 Å². The van der Waals surface area contributed by atoms with Crippen LogP contribution in [0.5, 0.6) is 11.5 Å². The fourth-order valence-electron chi connectivity index (χ4n) is 1.54. The maximum atomic E-state index is 13.1. The number of carbonyl (C=O) groups is 1. The molecule has 0 aromatic heterocycles. The van der Waals surface area contributed by atoms with E-state index in [1.54, 1.807) is 12.1 Å². The Balaban J connectivity index is 2.43. The Morgan fingerprint density at radius 3 is 2.53 bits per heavy atom. The lowest BCUT2D eigenvalue weighted by molar-refractivity contribution is 0.101. The van der Waals surface area contributed by atoms with Gasteiger partial charge in [-0.05, 0) is 37.3 Å². The van der Waals surface area contributed by atoms with Crippen LogP contribution in [0.15, 0.2) is 36.4 Å². The predicted molar refractivity (Wildman–Crippen MR) is 72.9 cm³/mol. The fourth-order valence-corrected chi connectivity index (χ4v) is 1.86. The lowest BCUT2D eigenvalue weighted by Crippen LogP contribution is -1.98. The Kier molecular flexibility index (Phi) is 4.08. The molecule has 2 rings (SSSR count).